The molecule has 1 atom stereocenters. The molecule has 0 bridgehead atoms. The van der Waals surface area contributed by atoms with Gasteiger partial charge < -0.3 is 5.73 Å². The summed E-state index contributed by atoms with van der Waals surface area (Å²) in [5.41, 5.74) is 4.97. The van der Waals surface area contributed by atoms with Crippen LogP contribution in [0.2, 0.25) is 0 Å². The summed E-state index contributed by atoms with van der Waals surface area (Å²) in [5, 5.41) is 0. The van der Waals surface area contributed by atoms with E-state index in [1.54, 1.807) is 0 Å². The highest BCUT2D eigenvalue weighted by atomic mass is 14.7. The molecule has 0 fully saturated rings. The van der Waals surface area contributed by atoms with Crippen molar-refractivity contribution >= 4 is 7.85 Å². The van der Waals surface area contributed by atoms with Crippen LogP contribution in [-0.2, 0) is 0 Å². The minimum Gasteiger partial charge on any atom is -0.333 e. The molecule has 0 aliphatic rings. The van der Waals surface area contributed by atoms with Gasteiger partial charge in [0.1, 0.15) is 0 Å². The lowest BCUT2D eigenvalue weighted by molar-refractivity contribution is 0.587. The van der Waals surface area contributed by atoms with E-state index in [1.807, 2.05) is 6.92 Å². The summed E-state index contributed by atoms with van der Waals surface area (Å²) in [7, 11) is 5.42. The van der Waals surface area contributed by atoms with Crippen molar-refractivity contribution in [2.24, 2.45) is 5.73 Å². The van der Waals surface area contributed by atoms with Crippen molar-refractivity contribution in [1.82, 2.24) is 0 Å². The van der Waals surface area contributed by atoms with Crippen LogP contribution in [-0.4, -0.2) is 13.3 Å². The highest BCUT2D eigenvalue weighted by molar-refractivity contribution is 6.14. The molecule has 7 heavy (non-hydrogen) atoms. The molecule has 0 aliphatic carbocycles. The SMILES string of the molecule is [B]C(C)(N)CCC. The monoisotopic (exact) mass is 97.1 g/mol. The van der Waals surface area contributed by atoms with E-state index in [0.29, 0.717) is 0 Å². The van der Waals surface area contributed by atoms with Gasteiger partial charge in [0.15, 0.2) is 0 Å². The van der Waals surface area contributed by atoms with Gasteiger partial charge in [0.05, 0.1) is 7.85 Å². The molecule has 0 aromatic carbocycles. The van der Waals surface area contributed by atoms with E-state index in [2.05, 4.69) is 6.92 Å². The first kappa shape index (κ1) is 7.02. The maximum Gasteiger partial charge on any atom is 0.0946 e. The lowest BCUT2D eigenvalue weighted by atomic mass is 9.77. The van der Waals surface area contributed by atoms with Crippen LogP contribution < -0.4 is 5.73 Å². The zero-order valence-electron chi connectivity index (χ0n) is 5.07. The summed E-state index contributed by atoms with van der Waals surface area (Å²) < 4.78 is 0. The van der Waals surface area contributed by atoms with Crippen molar-refractivity contribution in [3.63, 3.8) is 0 Å². The predicted molar refractivity (Wildman–Crippen MR) is 33.3 cm³/mol. The smallest absolute Gasteiger partial charge is 0.0946 e. The zero-order chi connectivity index (χ0) is 5.91. The average Bonchev–Trinajstić information content (AvgIpc) is 1.30. The predicted octanol–water partition coefficient (Wildman–Crippen LogP) is 0.630. The van der Waals surface area contributed by atoms with E-state index < -0.39 is 5.44 Å². The van der Waals surface area contributed by atoms with Crippen LogP contribution in [0.4, 0.5) is 0 Å². The molecule has 40 valence electrons. The molecule has 2 heteroatoms. The molecule has 0 rings (SSSR count). The van der Waals surface area contributed by atoms with Gasteiger partial charge in [-0.1, -0.05) is 20.3 Å². The van der Waals surface area contributed by atoms with Crippen LogP contribution in [0.15, 0.2) is 0 Å². The molecule has 0 saturated heterocycles. The Labute approximate surface area is 46.7 Å². The van der Waals surface area contributed by atoms with E-state index >= 15 is 0 Å². The van der Waals surface area contributed by atoms with E-state index in [1.165, 1.54) is 0 Å². The van der Waals surface area contributed by atoms with Crippen LogP contribution in [0, 0.1) is 0 Å². The minimum atomic E-state index is -0.450. The Bertz CT molecular complexity index is 46.5. The third-order valence-corrected chi connectivity index (χ3v) is 0.789. The number of hydrogen-bond donors (Lipinski definition) is 1. The number of rotatable bonds is 2. The topological polar surface area (TPSA) is 26.0 Å². The summed E-state index contributed by atoms with van der Waals surface area (Å²) in [4.78, 5) is 0. The van der Waals surface area contributed by atoms with Crippen molar-refractivity contribution < 1.29 is 0 Å². The van der Waals surface area contributed by atoms with Crippen molar-refractivity contribution in [2.45, 2.75) is 32.1 Å². The fraction of sp³-hybridized carbons (Fsp3) is 1.00. The fourth-order valence-electron chi connectivity index (χ4n) is 0.539. The van der Waals surface area contributed by atoms with Crippen LogP contribution in [0.1, 0.15) is 26.7 Å². The molecule has 0 saturated carbocycles. The van der Waals surface area contributed by atoms with Crippen molar-refractivity contribution in [3.05, 3.63) is 0 Å². The quantitative estimate of drug-likeness (QED) is 0.502. The molecule has 0 heterocycles. The van der Waals surface area contributed by atoms with E-state index in [9.17, 15) is 0 Å². The molecular weight excluding hydrogens is 84.9 g/mol. The second-order valence-corrected chi connectivity index (χ2v) is 2.26. The number of nitrogens with two attached hydrogens (primary N) is 1. The fourth-order valence-corrected chi connectivity index (χ4v) is 0.539. The van der Waals surface area contributed by atoms with Crippen LogP contribution in [0.5, 0.6) is 0 Å². The molecule has 1 nitrogen and oxygen atoms in total. The Morgan fingerprint density at radius 1 is 1.71 bits per heavy atom. The second-order valence-electron chi connectivity index (χ2n) is 2.26. The molecule has 0 aliphatic heterocycles. The summed E-state index contributed by atoms with van der Waals surface area (Å²) in [6.07, 6.45) is 1.95. The summed E-state index contributed by atoms with van der Waals surface area (Å²) in [6.45, 7) is 3.90. The first-order chi connectivity index (χ1) is 3.06. The van der Waals surface area contributed by atoms with Crippen LogP contribution in [0.25, 0.3) is 0 Å². The molecule has 0 amide bonds. The summed E-state index contributed by atoms with van der Waals surface area (Å²) >= 11 is 0. The maximum absolute atomic E-state index is 5.42. The van der Waals surface area contributed by atoms with Crippen molar-refractivity contribution in [2.75, 3.05) is 0 Å². The molecule has 2 N–H and O–H groups in total. The van der Waals surface area contributed by atoms with E-state index in [4.69, 9.17) is 13.6 Å². The first-order valence-corrected chi connectivity index (χ1v) is 2.64. The third-order valence-electron chi connectivity index (χ3n) is 0.789. The van der Waals surface area contributed by atoms with Gasteiger partial charge in [-0.2, -0.15) is 0 Å². The Morgan fingerprint density at radius 2 is 2.14 bits per heavy atom. The Kier molecular flexibility index (Phi) is 2.37. The van der Waals surface area contributed by atoms with Gasteiger partial charge >= 0.3 is 0 Å². The van der Waals surface area contributed by atoms with Crippen molar-refractivity contribution in [1.29, 1.82) is 0 Å². The molecule has 0 aromatic heterocycles. The van der Waals surface area contributed by atoms with Gasteiger partial charge in [0.2, 0.25) is 0 Å². The van der Waals surface area contributed by atoms with Gasteiger partial charge in [-0.3, -0.25) is 0 Å². The second kappa shape index (κ2) is 2.36. The third kappa shape index (κ3) is 6.02. The largest absolute Gasteiger partial charge is 0.333 e. The minimum absolute atomic E-state index is 0.450. The van der Waals surface area contributed by atoms with Gasteiger partial charge in [0.25, 0.3) is 0 Å². The van der Waals surface area contributed by atoms with E-state index in [0.717, 1.165) is 12.8 Å². The number of hydrogen-bond acceptors (Lipinski definition) is 1. The maximum atomic E-state index is 5.42. The van der Waals surface area contributed by atoms with Gasteiger partial charge in [-0.25, -0.2) is 0 Å². The Balaban J connectivity index is 3.15. The summed E-state index contributed by atoms with van der Waals surface area (Å²) in [5.74, 6) is 0. The van der Waals surface area contributed by atoms with Gasteiger partial charge in [0, 0.05) is 0 Å². The van der Waals surface area contributed by atoms with Gasteiger partial charge in [-0.15, -0.1) is 0 Å². The molecular formula is C5H12BN. The Morgan fingerprint density at radius 3 is 2.14 bits per heavy atom. The molecule has 2 radical (unpaired) electrons. The lowest BCUT2D eigenvalue weighted by Crippen LogP contribution is -2.35. The standard InChI is InChI=1S/C5H12BN/c1-3-4-5(2,6)7/h3-4,7H2,1-2H3. The van der Waals surface area contributed by atoms with Crippen LogP contribution >= 0.6 is 0 Å². The molecule has 1 unspecified atom stereocenters. The van der Waals surface area contributed by atoms with Crippen LogP contribution in [0.3, 0.4) is 0 Å². The highest BCUT2D eigenvalue weighted by Gasteiger charge is 2.05. The lowest BCUT2D eigenvalue weighted by Gasteiger charge is -2.16. The average molecular weight is 97.0 g/mol. The zero-order valence-corrected chi connectivity index (χ0v) is 5.07. The van der Waals surface area contributed by atoms with E-state index in [-0.39, 0.29) is 0 Å². The van der Waals surface area contributed by atoms with Gasteiger partial charge in [-0.05, 0) is 11.9 Å². The first-order valence-electron chi connectivity index (χ1n) is 2.64. The molecule has 0 aromatic rings. The normalized spacial score (nSPS) is 18.7. The van der Waals surface area contributed by atoms with Crippen molar-refractivity contribution in [3.8, 4) is 0 Å². The molecule has 0 spiro atoms. The summed E-state index contributed by atoms with van der Waals surface area (Å²) in [6, 6.07) is 0. The Hall–Kier alpha value is 0.0249. The highest BCUT2D eigenvalue weighted by Crippen LogP contribution is 2.00.